The molecule has 3 amide bonds. The molecule has 3 N–H and O–H groups in total. The van der Waals surface area contributed by atoms with Crippen molar-refractivity contribution in [3.8, 4) is 0 Å². The van der Waals surface area contributed by atoms with E-state index < -0.39 is 36.3 Å². The van der Waals surface area contributed by atoms with Crippen molar-refractivity contribution < 1.29 is 24.2 Å². The molecule has 2 aromatic rings. The molecule has 0 bridgehead atoms. The molecule has 3 atom stereocenters. The van der Waals surface area contributed by atoms with E-state index in [1.807, 2.05) is 75.4 Å². The third-order valence-electron chi connectivity index (χ3n) is 6.03. The first-order valence-electron chi connectivity index (χ1n) is 12.8. The van der Waals surface area contributed by atoms with Crippen molar-refractivity contribution in [3.63, 3.8) is 0 Å². The molecule has 0 aliphatic carbocycles. The van der Waals surface area contributed by atoms with Gasteiger partial charge >= 0.3 is 6.09 Å². The number of rotatable bonds is 11. The molecule has 0 heterocycles. The number of amides is 3. The molecule has 2 rings (SSSR count). The maximum atomic E-state index is 13.8. The van der Waals surface area contributed by atoms with Crippen LogP contribution in [0.1, 0.15) is 70.7 Å². The molecule has 3 unspecified atom stereocenters. The van der Waals surface area contributed by atoms with Gasteiger partial charge in [0.15, 0.2) is 0 Å². The Bertz CT molecular complexity index is 1020. The zero-order valence-corrected chi connectivity index (χ0v) is 22.8. The van der Waals surface area contributed by atoms with Gasteiger partial charge in [0, 0.05) is 12.6 Å². The largest absolute Gasteiger partial charge is 0.444 e. The van der Waals surface area contributed by atoms with Gasteiger partial charge in [-0.05, 0) is 57.2 Å². The monoisotopic (exact) mass is 511 g/mol. The summed E-state index contributed by atoms with van der Waals surface area (Å²) in [6.45, 7) is 10.6. The van der Waals surface area contributed by atoms with Crippen LogP contribution >= 0.6 is 0 Å². The Kier molecular flexibility index (Phi) is 11.1. The van der Waals surface area contributed by atoms with E-state index in [4.69, 9.17) is 4.74 Å². The van der Waals surface area contributed by atoms with Crippen molar-refractivity contribution in [1.29, 1.82) is 0 Å². The second-order valence-electron chi connectivity index (χ2n) is 10.1. The molecule has 2 aromatic carbocycles. The summed E-state index contributed by atoms with van der Waals surface area (Å²) in [5.74, 6) is -0.919. The molecule has 8 heteroatoms. The van der Waals surface area contributed by atoms with Gasteiger partial charge in [-0.15, -0.1) is 0 Å². The molecule has 0 aromatic heterocycles. The van der Waals surface area contributed by atoms with Gasteiger partial charge in [-0.2, -0.15) is 0 Å². The molecule has 0 saturated carbocycles. The fourth-order valence-corrected chi connectivity index (χ4v) is 3.87. The minimum atomic E-state index is -1.27. The Morgan fingerprint density at radius 2 is 1.59 bits per heavy atom. The molecular weight excluding hydrogens is 470 g/mol. The molecule has 37 heavy (non-hydrogen) atoms. The summed E-state index contributed by atoms with van der Waals surface area (Å²) >= 11 is 0. The highest BCUT2D eigenvalue weighted by molar-refractivity contribution is 5.92. The lowest BCUT2D eigenvalue weighted by Gasteiger charge is -2.38. The van der Waals surface area contributed by atoms with E-state index >= 15 is 0 Å². The highest BCUT2D eigenvalue weighted by Gasteiger charge is 2.38. The predicted molar refractivity (Wildman–Crippen MR) is 144 cm³/mol. The van der Waals surface area contributed by atoms with Crippen LogP contribution in [0.4, 0.5) is 4.79 Å². The van der Waals surface area contributed by atoms with Crippen LogP contribution in [0.2, 0.25) is 0 Å². The summed E-state index contributed by atoms with van der Waals surface area (Å²) in [6, 6.07) is 14.5. The number of nitrogens with zero attached hydrogens (tertiary/aromatic N) is 1. The second kappa shape index (κ2) is 13.8. The normalized spacial score (nSPS) is 13.7. The highest BCUT2D eigenvalue weighted by atomic mass is 16.6. The van der Waals surface area contributed by atoms with E-state index in [1.165, 1.54) is 4.90 Å². The average Bonchev–Trinajstić information content (AvgIpc) is 2.87. The highest BCUT2D eigenvalue weighted by Crippen LogP contribution is 2.27. The van der Waals surface area contributed by atoms with Crippen LogP contribution < -0.4 is 10.6 Å². The minimum Gasteiger partial charge on any atom is -0.444 e. The number of benzene rings is 2. The van der Waals surface area contributed by atoms with E-state index in [0.29, 0.717) is 18.5 Å². The third kappa shape index (κ3) is 8.89. The number of carbonyl (C=O) groups excluding carboxylic acids is 3. The molecule has 0 aliphatic rings. The van der Waals surface area contributed by atoms with Crippen molar-refractivity contribution in [2.75, 3.05) is 6.61 Å². The first kappa shape index (κ1) is 29.8. The fraction of sp³-hybridized carbons (Fsp3) is 0.483. The smallest absolute Gasteiger partial charge is 0.408 e. The Morgan fingerprint density at radius 3 is 2.11 bits per heavy atom. The summed E-state index contributed by atoms with van der Waals surface area (Å²) < 4.78 is 5.28. The van der Waals surface area contributed by atoms with Gasteiger partial charge in [0.25, 0.3) is 0 Å². The van der Waals surface area contributed by atoms with E-state index in [1.54, 1.807) is 20.8 Å². The number of hydrogen-bond acceptors (Lipinski definition) is 5. The van der Waals surface area contributed by atoms with Gasteiger partial charge in [-0.1, -0.05) is 68.4 Å². The molecule has 202 valence electrons. The van der Waals surface area contributed by atoms with Crippen LogP contribution in [0.25, 0.3) is 0 Å². The first-order chi connectivity index (χ1) is 17.5. The van der Waals surface area contributed by atoms with Gasteiger partial charge < -0.3 is 25.4 Å². The summed E-state index contributed by atoms with van der Waals surface area (Å²) in [5.41, 5.74) is 1.90. The van der Waals surface area contributed by atoms with Crippen molar-refractivity contribution in [2.45, 2.75) is 84.7 Å². The van der Waals surface area contributed by atoms with Crippen LogP contribution in [0.3, 0.4) is 0 Å². The van der Waals surface area contributed by atoms with Crippen molar-refractivity contribution >= 4 is 17.9 Å². The van der Waals surface area contributed by atoms with Crippen LogP contribution in [0.5, 0.6) is 0 Å². The van der Waals surface area contributed by atoms with Crippen molar-refractivity contribution in [2.24, 2.45) is 0 Å². The Morgan fingerprint density at radius 1 is 0.973 bits per heavy atom. The lowest BCUT2D eigenvalue weighted by atomic mass is 9.98. The summed E-state index contributed by atoms with van der Waals surface area (Å²) in [7, 11) is 0. The first-order valence-corrected chi connectivity index (χ1v) is 12.8. The number of aliphatic hydroxyl groups is 1. The van der Waals surface area contributed by atoms with Crippen LogP contribution in [0, 0.1) is 0 Å². The summed E-state index contributed by atoms with van der Waals surface area (Å²) in [5, 5.41) is 15.5. The topological polar surface area (TPSA) is 108 Å². The molecule has 0 aliphatic heterocycles. The third-order valence-corrected chi connectivity index (χ3v) is 6.03. The van der Waals surface area contributed by atoms with Gasteiger partial charge in [-0.25, -0.2) is 4.79 Å². The van der Waals surface area contributed by atoms with E-state index in [-0.39, 0.29) is 11.9 Å². The lowest BCUT2D eigenvalue weighted by Crippen LogP contribution is -2.56. The number of carbonyl (C=O) groups is 3. The summed E-state index contributed by atoms with van der Waals surface area (Å²) in [4.78, 5) is 41.3. The quantitative estimate of drug-likeness (QED) is 0.421. The van der Waals surface area contributed by atoms with Crippen molar-refractivity contribution in [1.82, 2.24) is 15.5 Å². The Hall–Kier alpha value is -3.39. The van der Waals surface area contributed by atoms with Crippen LogP contribution in [0.15, 0.2) is 54.6 Å². The van der Waals surface area contributed by atoms with Crippen LogP contribution in [-0.2, 0) is 27.3 Å². The van der Waals surface area contributed by atoms with Gasteiger partial charge in [0.1, 0.15) is 17.7 Å². The maximum absolute atomic E-state index is 13.8. The molecule has 0 radical (unpaired) electrons. The maximum Gasteiger partial charge on any atom is 0.408 e. The Labute approximate surface area is 220 Å². The number of nitrogens with one attached hydrogen (secondary N) is 2. The zero-order valence-electron chi connectivity index (χ0n) is 22.8. The number of hydrogen-bond donors (Lipinski definition) is 3. The number of ether oxygens (including phenoxy) is 1. The molecule has 8 nitrogen and oxygen atoms in total. The van der Waals surface area contributed by atoms with Gasteiger partial charge in [0.05, 0.1) is 6.61 Å². The van der Waals surface area contributed by atoms with Crippen LogP contribution in [-0.4, -0.2) is 52.2 Å². The lowest BCUT2D eigenvalue weighted by molar-refractivity contribution is -0.145. The Balaban J connectivity index is 2.43. The number of aliphatic hydroxyl groups excluding tert-OH is 1. The van der Waals surface area contributed by atoms with E-state index in [2.05, 4.69) is 10.6 Å². The van der Waals surface area contributed by atoms with E-state index in [9.17, 15) is 19.5 Å². The average molecular weight is 512 g/mol. The zero-order chi connectivity index (χ0) is 27.6. The summed E-state index contributed by atoms with van der Waals surface area (Å²) in [6.07, 6.45) is 0.582. The number of alkyl carbamates (subject to hydrolysis) is 1. The predicted octanol–water partition coefficient (Wildman–Crippen LogP) is 4.12. The second-order valence-corrected chi connectivity index (χ2v) is 10.1. The number of aryl methyl sites for hydroxylation is 1. The molecular formula is C29H41N3O5. The molecule has 0 fully saturated rings. The van der Waals surface area contributed by atoms with Gasteiger partial charge in [-0.3, -0.25) is 9.59 Å². The van der Waals surface area contributed by atoms with Gasteiger partial charge in [0.2, 0.25) is 11.8 Å². The fourth-order valence-electron chi connectivity index (χ4n) is 3.87. The van der Waals surface area contributed by atoms with Crippen molar-refractivity contribution in [3.05, 3.63) is 71.3 Å². The molecule has 0 saturated heterocycles. The SMILES string of the molecule is CCc1ccc(C(C(=O)NCc2ccccc2)N(C(=O)C(CO)NC(=O)OC(C)(C)C)C(C)CC)cc1. The molecule has 0 spiro atoms. The minimum absolute atomic E-state index is 0.297. The van der Waals surface area contributed by atoms with E-state index in [0.717, 1.165) is 17.5 Å². The standard InChI is InChI=1S/C29H41N3O5/c1-7-20(3)32(27(35)24(19-33)31-28(36)37-29(4,5)6)25(23-16-14-21(8-2)15-17-23)26(34)30-18-22-12-10-9-11-13-22/h9-17,20,24-25,33H,7-8,18-19H2,1-6H3,(H,30,34)(H,31,36).